The SMILES string of the molecule is CCCNC(=S)NCC(C)C1CC1. The van der Waals surface area contributed by atoms with Gasteiger partial charge >= 0.3 is 0 Å². The summed E-state index contributed by atoms with van der Waals surface area (Å²) < 4.78 is 0. The lowest BCUT2D eigenvalue weighted by Crippen LogP contribution is -2.38. The molecule has 0 aromatic rings. The molecule has 0 aliphatic heterocycles. The van der Waals surface area contributed by atoms with Crippen LogP contribution in [0.1, 0.15) is 33.1 Å². The van der Waals surface area contributed by atoms with Crippen molar-refractivity contribution in [1.82, 2.24) is 10.6 Å². The smallest absolute Gasteiger partial charge is 0.166 e. The van der Waals surface area contributed by atoms with Crippen LogP contribution in [0.15, 0.2) is 0 Å². The monoisotopic (exact) mass is 200 g/mol. The highest BCUT2D eigenvalue weighted by Crippen LogP contribution is 2.35. The Kier molecular flexibility index (Phi) is 4.50. The van der Waals surface area contributed by atoms with Gasteiger partial charge in [-0.1, -0.05) is 13.8 Å². The van der Waals surface area contributed by atoms with Gasteiger partial charge in [-0.25, -0.2) is 0 Å². The summed E-state index contributed by atoms with van der Waals surface area (Å²) in [6, 6.07) is 0. The summed E-state index contributed by atoms with van der Waals surface area (Å²) in [7, 11) is 0. The first-order valence-corrected chi connectivity index (χ1v) is 5.66. The highest BCUT2D eigenvalue weighted by Gasteiger charge is 2.27. The second kappa shape index (κ2) is 5.43. The van der Waals surface area contributed by atoms with Crippen molar-refractivity contribution in [1.29, 1.82) is 0 Å². The summed E-state index contributed by atoms with van der Waals surface area (Å²) in [5.41, 5.74) is 0. The Balaban J connectivity index is 2.00. The number of hydrogen-bond donors (Lipinski definition) is 2. The molecular weight excluding hydrogens is 180 g/mol. The van der Waals surface area contributed by atoms with E-state index in [1.807, 2.05) is 0 Å². The molecule has 3 heteroatoms. The second-order valence-corrected chi connectivity index (χ2v) is 4.36. The molecule has 2 N–H and O–H groups in total. The van der Waals surface area contributed by atoms with Crippen LogP contribution >= 0.6 is 12.2 Å². The fourth-order valence-electron chi connectivity index (χ4n) is 1.39. The van der Waals surface area contributed by atoms with Crippen LogP contribution in [-0.4, -0.2) is 18.2 Å². The molecular formula is C10H20N2S. The minimum atomic E-state index is 0.779. The van der Waals surface area contributed by atoms with Gasteiger partial charge in [0.05, 0.1) is 0 Å². The topological polar surface area (TPSA) is 24.1 Å². The third-order valence-corrected chi connectivity index (χ3v) is 2.84. The molecule has 0 aromatic heterocycles. The molecule has 1 unspecified atom stereocenters. The van der Waals surface area contributed by atoms with Gasteiger partial charge in [0.25, 0.3) is 0 Å². The van der Waals surface area contributed by atoms with Gasteiger partial charge in [-0.2, -0.15) is 0 Å². The van der Waals surface area contributed by atoms with E-state index in [9.17, 15) is 0 Å². The molecule has 0 spiro atoms. The van der Waals surface area contributed by atoms with Crippen molar-refractivity contribution >= 4 is 17.3 Å². The Bertz CT molecular complexity index is 166. The van der Waals surface area contributed by atoms with Crippen molar-refractivity contribution in [3.63, 3.8) is 0 Å². The van der Waals surface area contributed by atoms with Gasteiger partial charge < -0.3 is 10.6 Å². The number of thiocarbonyl (C=S) groups is 1. The van der Waals surface area contributed by atoms with Gasteiger partial charge in [-0.05, 0) is 43.3 Å². The molecule has 0 saturated heterocycles. The van der Waals surface area contributed by atoms with Crippen molar-refractivity contribution < 1.29 is 0 Å². The van der Waals surface area contributed by atoms with Crippen molar-refractivity contribution in [2.45, 2.75) is 33.1 Å². The van der Waals surface area contributed by atoms with Crippen molar-refractivity contribution in [2.75, 3.05) is 13.1 Å². The Morgan fingerprint density at radius 2 is 2.15 bits per heavy atom. The summed E-state index contributed by atoms with van der Waals surface area (Å²) in [4.78, 5) is 0. The number of nitrogens with one attached hydrogen (secondary N) is 2. The maximum Gasteiger partial charge on any atom is 0.166 e. The third kappa shape index (κ3) is 4.46. The van der Waals surface area contributed by atoms with E-state index in [2.05, 4.69) is 24.5 Å². The zero-order valence-corrected chi connectivity index (χ0v) is 9.41. The van der Waals surface area contributed by atoms with Crippen molar-refractivity contribution in [2.24, 2.45) is 11.8 Å². The molecule has 1 aliphatic rings. The summed E-state index contributed by atoms with van der Waals surface area (Å²) in [6.07, 6.45) is 3.95. The van der Waals surface area contributed by atoms with Gasteiger partial charge in [0.2, 0.25) is 0 Å². The highest BCUT2D eigenvalue weighted by atomic mass is 32.1. The van der Waals surface area contributed by atoms with Gasteiger partial charge in [0.1, 0.15) is 0 Å². The predicted octanol–water partition coefficient (Wildman–Crippen LogP) is 1.91. The van der Waals surface area contributed by atoms with Gasteiger partial charge in [0.15, 0.2) is 5.11 Å². The minimum absolute atomic E-state index is 0.779. The largest absolute Gasteiger partial charge is 0.363 e. The van der Waals surface area contributed by atoms with Crippen LogP contribution < -0.4 is 10.6 Å². The first kappa shape index (κ1) is 10.8. The van der Waals surface area contributed by atoms with E-state index >= 15 is 0 Å². The molecule has 1 aliphatic carbocycles. The lowest BCUT2D eigenvalue weighted by molar-refractivity contribution is 0.498. The molecule has 0 bridgehead atoms. The summed E-state index contributed by atoms with van der Waals surface area (Å²) in [6.45, 7) is 6.44. The van der Waals surface area contributed by atoms with Crippen LogP contribution in [0.5, 0.6) is 0 Å². The van der Waals surface area contributed by atoms with Crippen molar-refractivity contribution in [3.05, 3.63) is 0 Å². The van der Waals surface area contributed by atoms with E-state index in [-0.39, 0.29) is 0 Å². The normalized spacial score (nSPS) is 18.0. The predicted molar refractivity (Wildman–Crippen MR) is 60.8 cm³/mol. The van der Waals surface area contributed by atoms with E-state index < -0.39 is 0 Å². The molecule has 13 heavy (non-hydrogen) atoms. The average molecular weight is 200 g/mol. The first-order chi connectivity index (χ1) is 6.24. The minimum Gasteiger partial charge on any atom is -0.363 e. The van der Waals surface area contributed by atoms with E-state index in [4.69, 9.17) is 12.2 Å². The van der Waals surface area contributed by atoms with Crippen LogP contribution in [0.3, 0.4) is 0 Å². The summed E-state index contributed by atoms with van der Waals surface area (Å²) >= 11 is 5.12. The Morgan fingerprint density at radius 1 is 1.46 bits per heavy atom. The Hall–Kier alpha value is -0.310. The molecule has 0 heterocycles. The lowest BCUT2D eigenvalue weighted by Gasteiger charge is -2.13. The highest BCUT2D eigenvalue weighted by molar-refractivity contribution is 7.80. The quantitative estimate of drug-likeness (QED) is 0.663. The third-order valence-electron chi connectivity index (χ3n) is 2.55. The molecule has 76 valence electrons. The fraction of sp³-hybridized carbons (Fsp3) is 0.900. The average Bonchev–Trinajstić information content (AvgIpc) is 2.93. The molecule has 1 saturated carbocycles. The Labute approximate surface area is 86.5 Å². The molecule has 0 radical (unpaired) electrons. The molecule has 1 rings (SSSR count). The number of hydrogen-bond acceptors (Lipinski definition) is 1. The fourth-order valence-corrected chi connectivity index (χ4v) is 1.57. The van der Waals surface area contributed by atoms with Crippen molar-refractivity contribution in [3.8, 4) is 0 Å². The van der Waals surface area contributed by atoms with E-state index in [1.165, 1.54) is 12.8 Å². The maximum absolute atomic E-state index is 5.12. The van der Waals surface area contributed by atoms with Crippen LogP contribution in [0.2, 0.25) is 0 Å². The molecule has 0 amide bonds. The van der Waals surface area contributed by atoms with Crippen LogP contribution in [0.4, 0.5) is 0 Å². The zero-order valence-electron chi connectivity index (χ0n) is 8.60. The maximum atomic E-state index is 5.12. The van der Waals surface area contributed by atoms with Gasteiger partial charge in [-0.15, -0.1) is 0 Å². The van der Waals surface area contributed by atoms with E-state index in [0.717, 1.165) is 36.5 Å². The Morgan fingerprint density at radius 3 is 2.69 bits per heavy atom. The molecule has 2 nitrogen and oxygen atoms in total. The molecule has 1 fully saturated rings. The number of rotatable bonds is 5. The zero-order chi connectivity index (χ0) is 9.68. The lowest BCUT2D eigenvalue weighted by atomic mass is 10.1. The van der Waals surface area contributed by atoms with E-state index in [0.29, 0.717) is 0 Å². The van der Waals surface area contributed by atoms with Crippen LogP contribution in [-0.2, 0) is 0 Å². The van der Waals surface area contributed by atoms with Crippen LogP contribution in [0, 0.1) is 11.8 Å². The molecule has 0 aromatic carbocycles. The summed E-state index contributed by atoms with van der Waals surface area (Å²) in [5.74, 6) is 1.74. The second-order valence-electron chi connectivity index (χ2n) is 3.95. The van der Waals surface area contributed by atoms with Gasteiger partial charge in [-0.3, -0.25) is 0 Å². The summed E-state index contributed by atoms with van der Waals surface area (Å²) in [5, 5.41) is 7.24. The van der Waals surface area contributed by atoms with Gasteiger partial charge in [0, 0.05) is 13.1 Å². The molecule has 1 atom stereocenters. The van der Waals surface area contributed by atoms with E-state index in [1.54, 1.807) is 0 Å². The first-order valence-electron chi connectivity index (χ1n) is 5.25. The standard InChI is InChI=1S/C10H20N2S/c1-3-6-11-10(13)12-7-8(2)9-4-5-9/h8-9H,3-7H2,1-2H3,(H2,11,12,13). The van der Waals surface area contributed by atoms with Crippen LogP contribution in [0.25, 0.3) is 0 Å².